The van der Waals surface area contributed by atoms with Crippen molar-refractivity contribution in [2.75, 3.05) is 19.6 Å². The number of nitrogens with zero attached hydrogens (tertiary/aromatic N) is 1. The first-order chi connectivity index (χ1) is 8.77. The fourth-order valence-electron chi connectivity index (χ4n) is 3.12. The second-order valence-corrected chi connectivity index (χ2v) is 5.96. The predicted molar refractivity (Wildman–Crippen MR) is 81.1 cm³/mol. The smallest absolute Gasteiger partial charge is 0.00669 e. The maximum Gasteiger partial charge on any atom is 0.00669 e. The van der Waals surface area contributed by atoms with Gasteiger partial charge in [-0.3, -0.25) is 0 Å². The Labute approximate surface area is 115 Å². The van der Waals surface area contributed by atoms with Gasteiger partial charge in [-0.15, -0.1) is 0 Å². The van der Waals surface area contributed by atoms with Crippen molar-refractivity contribution in [1.82, 2.24) is 10.2 Å². The quantitative estimate of drug-likeness (QED) is 0.629. The minimum atomic E-state index is 0.763. The monoisotopic (exact) mass is 254 g/mol. The minimum absolute atomic E-state index is 0.763. The normalized spacial score (nSPS) is 21.7. The van der Waals surface area contributed by atoms with Crippen LogP contribution in [0.1, 0.15) is 72.1 Å². The molecule has 1 saturated heterocycles. The standard InChI is InChI=1S/C16H34N2/c1-4-9-16(10-5-2)17-12-8-14-18-13-7-6-11-15(18)3/h15-17H,4-14H2,1-3H3. The molecule has 1 aliphatic heterocycles. The van der Waals surface area contributed by atoms with Crippen LogP contribution < -0.4 is 5.32 Å². The molecule has 1 fully saturated rings. The van der Waals surface area contributed by atoms with Gasteiger partial charge in [-0.1, -0.05) is 33.1 Å². The van der Waals surface area contributed by atoms with Crippen LogP contribution in [0.25, 0.3) is 0 Å². The summed E-state index contributed by atoms with van der Waals surface area (Å²) in [6.45, 7) is 10.8. The van der Waals surface area contributed by atoms with Crippen LogP contribution in [0.2, 0.25) is 0 Å². The SMILES string of the molecule is CCCC(CCC)NCCCN1CCCCC1C. The lowest BCUT2D eigenvalue weighted by Gasteiger charge is -2.33. The molecule has 1 aliphatic rings. The highest BCUT2D eigenvalue weighted by Crippen LogP contribution is 2.16. The van der Waals surface area contributed by atoms with Crippen LogP contribution in [0.3, 0.4) is 0 Å². The highest BCUT2D eigenvalue weighted by molar-refractivity contribution is 4.73. The van der Waals surface area contributed by atoms with E-state index in [-0.39, 0.29) is 0 Å². The molecule has 0 aromatic carbocycles. The Kier molecular flexibility index (Phi) is 8.70. The van der Waals surface area contributed by atoms with Crippen molar-refractivity contribution < 1.29 is 0 Å². The third kappa shape index (κ3) is 6.19. The topological polar surface area (TPSA) is 15.3 Å². The lowest BCUT2D eigenvalue weighted by Crippen LogP contribution is -2.39. The maximum absolute atomic E-state index is 3.75. The lowest BCUT2D eigenvalue weighted by molar-refractivity contribution is 0.158. The average molecular weight is 254 g/mol. The molecule has 0 aromatic heterocycles. The molecule has 0 bridgehead atoms. The molecular formula is C16H34N2. The first kappa shape index (κ1) is 16.0. The van der Waals surface area contributed by atoms with E-state index in [1.165, 1.54) is 71.0 Å². The van der Waals surface area contributed by atoms with E-state index in [9.17, 15) is 0 Å². The van der Waals surface area contributed by atoms with Crippen molar-refractivity contribution >= 4 is 0 Å². The largest absolute Gasteiger partial charge is 0.314 e. The fourth-order valence-corrected chi connectivity index (χ4v) is 3.12. The zero-order valence-electron chi connectivity index (χ0n) is 12.9. The van der Waals surface area contributed by atoms with Crippen molar-refractivity contribution in [3.05, 3.63) is 0 Å². The molecule has 108 valence electrons. The molecule has 1 atom stereocenters. The van der Waals surface area contributed by atoms with Gasteiger partial charge in [0.2, 0.25) is 0 Å². The molecule has 0 saturated carbocycles. The molecule has 1 unspecified atom stereocenters. The summed E-state index contributed by atoms with van der Waals surface area (Å²) >= 11 is 0. The van der Waals surface area contributed by atoms with Gasteiger partial charge >= 0.3 is 0 Å². The fraction of sp³-hybridized carbons (Fsp3) is 1.00. The van der Waals surface area contributed by atoms with E-state index in [2.05, 4.69) is 31.0 Å². The zero-order valence-corrected chi connectivity index (χ0v) is 12.9. The van der Waals surface area contributed by atoms with Gasteiger partial charge in [-0.2, -0.15) is 0 Å². The van der Waals surface area contributed by atoms with Gasteiger partial charge in [0.05, 0.1) is 0 Å². The molecular weight excluding hydrogens is 220 g/mol. The second kappa shape index (κ2) is 9.80. The van der Waals surface area contributed by atoms with E-state index >= 15 is 0 Å². The van der Waals surface area contributed by atoms with Crippen molar-refractivity contribution in [3.8, 4) is 0 Å². The summed E-state index contributed by atoms with van der Waals surface area (Å²) in [7, 11) is 0. The Morgan fingerprint density at radius 3 is 2.50 bits per heavy atom. The highest BCUT2D eigenvalue weighted by Gasteiger charge is 2.17. The summed E-state index contributed by atoms with van der Waals surface area (Å²) in [6.07, 6.45) is 10.9. The van der Waals surface area contributed by atoms with Gasteiger partial charge in [-0.05, 0) is 58.7 Å². The molecule has 0 aromatic rings. The van der Waals surface area contributed by atoms with Crippen molar-refractivity contribution in [2.24, 2.45) is 0 Å². The molecule has 18 heavy (non-hydrogen) atoms. The number of nitrogens with one attached hydrogen (secondary N) is 1. The van der Waals surface area contributed by atoms with E-state index in [0.29, 0.717) is 0 Å². The van der Waals surface area contributed by atoms with Gasteiger partial charge in [0, 0.05) is 12.1 Å². The molecule has 1 heterocycles. The number of likely N-dealkylation sites (tertiary alicyclic amines) is 1. The molecule has 0 radical (unpaired) electrons. The molecule has 2 nitrogen and oxygen atoms in total. The van der Waals surface area contributed by atoms with Gasteiger partial charge < -0.3 is 10.2 Å². The molecule has 1 N–H and O–H groups in total. The highest BCUT2D eigenvalue weighted by atomic mass is 15.2. The molecule has 0 amide bonds. The maximum atomic E-state index is 3.75. The summed E-state index contributed by atoms with van der Waals surface area (Å²) in [4.78, 5) is 2.68. The average Bonchev–Trinajstić information content (AvgIpc) is 2.37. The summed E-state index contributed by atoms with van der Waals surface area (Å²) in [5, 5.41) is 3.75. The van der Waals surface area contributed by atoms with E-state index < -0.39 is 0 Å². The van der Waals surface area contributed by atoms with Gasteiger partial charge in [0.25, 0.3) is 0 Å². The summed E-state index contributed by atoms with van der Waals surface area (Å²) < 4.78 is 0. The minimum Gasteiger partial charge on any atom is -0.314 e. The summed E-state index contributed by atoms with van der Waals surface area (Å²) in [5.41, 5.74) is 0. The van der Waals surface area contributed by atoms with Crippen molar-refractivity contribution in [1.29, 1.82) is 0 Å². The third-order valence-electron chi connectivity index (χ3n) is 4.27. The van der Waals surface area contributed by atoms with Crippen molar-refractivity contribution in [2.45, 2.75) is 84.2 Å². The van der Waals surface area contributed by atoms with Crippen LogP contribution in [0.5, 0.6) is 0 Å². The first-order valence-corrected chi connectivity index (χ1v) is 8.25. The van der Waals surface area contributed by atoms with E-state index in [0.717, 1.165) is 12.1 Å². The predicted octanol–water partition coefficient (Wildman–Crippen LogP) is 3.81. The summed E-state index contributed by atoms with van der Waals surface area (Å²) in [6, 6.07) is 1.58. The molecule has 1 rings (SSSR count). The number of rotatable bonds is 9. The van der Waals surface area contributed by atoms with Crippen LogP contribution >= 0.6 is 0 Å². The Hall–Kier alpha value is -0.0800. The Morgan fingerprint density at radius 1 is 1.17 bits per heavy atom. The number of hydrogen-bond acceptors (Lipinski definition) is 2. The lowest BCUT2D eigenvalue weighted by atomic mass is 10.0. The first-order valence-electron chi connectivity index (χ1n) is 8.25. The Bertz CT molecular complexity index is 188. The van der Waals surface area contributed by atoms with E-state index in [1.807, 2.05) is 0 Å². The third-order valence-corrected chi connectivity index (χ3v) is 4.27. The van der Waals surface area contributed by atoms with Gasteiger partial charge in [-0.25, -0.2) is 0 Å². The Morgan fingerprint density at radius 2 is 1.89 bits per heavy atom. The Balaban J connectivity index is 2.08. The second-order valence-electron chi connectivity index (χ2n) is 5.96. The van der Waals surface area contributed by atoms with Crippen LogP contribution in [-0.2, 0) is 0 Å². The summed E-state index contributed by atoms with van der Waals surface area (Å²) in [5.74, 6) is 0. The molecule has 2 heteroatoms. The van der Waals surface area contributed by atoms with Gasteiger partial charge in [0.15, 0.2) is 0 Å². The van der Waals surface area contributed by atoms with Crippen LogP contribution in [-0.4, -0.2) is 36.6 Å². The number of piperidine rings is 1. The molecule has 0 aliphatic carbocycles. The van der Waals surface area contributed by atoms with Gasteiger partial charge in [0.1, 0.15) is 0 Å². The van der Waals surface area contributed by atoms with E-state index in [1.54, 1.807) is 0 Å². The van der Waals surface area contributed by atoms with Crippen LogP contribution in [0.4, 0.5) is 0 Å². The number of hydrogen-bond donors (Lipinski definition) is 1. The van der Waals surface area contributed by atoms with E-state index in [4.69, 9.17) is 0 Å². The zero-order chi connectivity index (χ0) is 13.2. The van der Waals surface area contributed by atoms with Crippen molar-refractivity contribution in [3.63, 3.8) is 0 Å². The molecule has 0 spiro atoms. The van der Waals surface area contributed by atoms with Crippen LogP contribution in [0, 0.1) is 0 Å². The van der Waals surface area contributed by atoms with Crippen LogP contribution in [0.15, 0.2) is 0 Å².